The number of hydrogen-bond donors (Lipinski definition) is 2. The largest absolute Gasteiger partial charge is 0.416 e. The van der Waals surface area contributed by atoms with Crippen LogP contribution in [0.1, 0.15) is 41.5 Å². The van der Waals surface area contributed by atoms with E-state index >= 15 is 0 Å². The van der Waals surface area contributed by atoms with Crippen molar-refractivity contribution in [2.75, 3.05) is 13.1 Å². The zero-order valence-corrected chi connectivity index (χ0v) is 16.2. The average Bonchev–Trinajstić information content (AvgIpc) is 2.71. The number of aryl methyl sites for hydroxylation is 1. The lowest BCUT2D eigenvalue weighted by Crippen LogP contribution is -2.48. The fraction of sp³-hybridized carbons (Fsp3) is 0.455. The summed E-state index contributed by atoms with van der Waals surface area (Å²) in [5.74, 6) is 0. The summed E-state index contributed by atoms with van der Waals surface area (Å²) in [6.07, 6.45) is -9.41. The van der Waals surface area contributed by atoms with Gasteiger partial charge in [0.15, 0.2) is 0 Å². The van der Waals surface area contributed by atoms with Gasteiger partial charge < -0.3 is 10.4 Å². The highest BCUT2D eigenvalue weighted by atomic mass is 19.4. The summed E-state index contributed by atoms with van der Waals surface area (Å²) in [6, 6.07) is 11.0. The van der Waals surface area contributed by atoms with Gasteiger partial charge in [-0.1, -0.05) is 30.3 Å². The van der Waals surface area contributed by atoms with Crippen LogP contribution in [0.4, 0.5) is 26.3 Å². The summed E-state index contributed by atoms with van der Waals surface area (Å²) in [5.41, 5.74) is -2.41. The predicted molar refractivity (Wildman–Crippen MR) is 101 cm³/mol. The number of aliphatic hydroxyl groups excluding tert-OH is 1. The first-order valence-electron chi connectivity index (χ1n) is 9.75. The molecule has 2 N–H and O–H groups in total. The molecule has 2 aromatic rings. The molecule has 1 unspecified atom stereocenters. The highest BCUT2D eigenvalue weighted by molar-refractivity contribution is 5.34. The van der Waals surface area contributed by atoms with E-state index in [2.05, 4.69) is 5.32 Å². The highest BCUT2D eigenvalue weighted by Crippen LogP contribution is 2.40. The summed E-state index contributed by atoms with van der Waals surface area (Å²) in [7, 11) is 0. The predicted octanol–water partition coefficient (Wildman–Crippen LogP) is 5.34. The SMILES string of the molecule is OC(CCc1cc(C(F)(F)F)cc(C(F)(F)F)c1)C1(c2ccccc2)CCNCC1. The lowest BCUT2D eigenvalue weighted by atomic mass is 9.68. The molecule has 8 heteroatoms. The van der Waals surface area contributed by atoms with E-state index in [0.717, 1.165) is 17.7 Å². The van der Waals surface area contributed by atoms with E-state index in [4.69, 9.17) is 0 Å². The summed E-state index contributed by atoms with van der Waals surface area (Å²) in [4.78, 5) is 0. The van der Waals surface area contributed by atoms with Crippen LogP contribution in [0.5, 0.6) is 0 Å². The third kappa shape index (κ3) is 4.98. The van der Waals surface area contributed by atoms with Gasteiger partial charge in [0, 0.05) is 5.41 Å². The Morgan fingerprint density at radius 2 is 1.40 bits per heavy atom. The number of piperidine rings is 1. The molecule has 0 amide bonds. The molecule has 0 aromatic heterocycles. The molecule has 1 heterocycles. The standard InChI is InChI=1S/C22H23F6NO/c23-21(24,25)17-12-15(13-18(14-17)22(26,27)28)6-7-19(30)20(8-10-29-11-9-20)16-4-2-1-3-5-16/h1-5,12-14,19,29-30H,6-11H2. The van der Waals surface area contributed by atoms with Crippen LogP contribution in [-0.4, -0.2) is 24.3 Å². The number of halogens is 6. The van der Waals surface area contributed by atoms with Crippen molar-refractivity contribution < 1.29 is 31.4 Å². The maximum Gasteiger partial charge on any atom is 0.416 e. The van der Waals surface area contributed by atoms with Crippen LogP contribution in [0.25, 0.3) is 0 Å². The van der Waals surface area contributed by atoms with Crippen LogP contribution >= 0.6 is 0 Å². The van der Waals surface area contributed by atoms with E-state index in [9.17, 15) is 31.4 Å². The molecule has 0 saturated carbocycles. The summed E-state index contributed by atoms with van der Waals surface area (Å²) in [5, 5.41) is 14.3. The van der Waals surface area contributed by atoms with Gasteiger partial charge in [-0.25, -0.2) is 0 Å². The Morgan fingerprint density at radius 1 is 0.867 bits per heavy atom. The van der Waals surface area contributed by atoms with E-state index in [1.165, 1.54) is 0 Å². The maximum atomic E-state index is 13.1. The minimum atomic E-state index is -4.88. The Bertz CT molecular complexity index is 809. The third-order valence-corrected chi connectivity index (χ3v) is 5.84. The molecule has 3 rings (SSSR count). The number of benzene rings is 2. The van der Waals surface area contributed by atoms with Crippen molar-refractivity contribution in [2.24, 2.45) is 0 Å². The Labute approximate surface area is 170 Å². The van der Waals surface area contributed by atoms with E-state index in [1.54, 1.807) is 0 Å². The van der Waals surface area contributed by atoms with Gasteiger partial charge in [-0.2, -0.15) is 26.3 Å². The Balaban J connectivity index is 1.86. The monoisotopic (exact) mass is 431 g/mol. The molecule has 1 aliphatic rings. The Kier molecular flexibility index (Phi) is 6.48. The lowest BCUT2D eigenvalue weighted by molar-refractivity contribution is -0.143. The molecule has 0 spiro atoms. The van der Waals surface area contributed by atoms with Crippen molar-refractivity contribution >= 4 is 0 Å². The molecule has 164 valence electrons. The van der Waals surface area contributed by atoms with Crippen molar-refractivity contribution in [3.63, 3.8) is 0 Å². The Hall–Kier alpha value is -2.06. The minimum absolute atomic E-state index is 0.0630. The molecule has 1 fully saturated rings. The van der Waals surface area contributed by atoms with Gasteiger partial charge >= 0.3 is 12.4 Å². The first-order chi connectivity index (χ1) is 14.0. The van der Waals surface area contributed by atoms with Gasteiger partial charge in [-0.05, 0) is 68.1 Å². The van der Waals surface area contributed by atoms with Crippen LogP contribution < -0.4 is 5.32 Å². The van der Waals surface area contributed by atoms with Crippen LogP contribution in [0.3, 0.4) is 0 Å². The minimum Gasteiger partial charge on any atom is -0.392 e. The maximum absolute atomic E-state index is 13.1. The van der Waals surface area contributed by atoms with Crippen molar-refractivity contribution in [3.8, 4) is 0 Å². The van der Waals surface area contributed by atoms with Gasteiger partial charge in [-0.15, -0.1) is 0 Å². The van der Waals surface area contributed by atoms with Crippen LogP contribution in [0, 0.1) is 0 Å². The van der Waals surface area contributed by atoms with Gasteiger partial charge in [0.05, 0.1) is 17.2 Å². The number of alkyl halides is 6. The number of rotatable bonds is 5. The molecule has 0 aliphatic carbocycles. The van der Waals surface area contributed by atoms with Crippen molar-refractivity contribution in [3.05, 3.63) is 70.8 Å². The molecule has 2 aromatic carbocycles. The third-order valence-electron chi connectivity index (χ3n) is 5.84. The van der Waals surface area contributed by atoms with E-state index < -0.39 is 35.0 Å². The van der Waals surface area contributed by atoms with Gasteiger partial charge in [0.2, 0.25) is 0 Å². The second-order valence-corrected chi connectivity index (χ2v) is 7.74. The average molecular weight is 431 g/mol. The zero-order chi connectivity index (χ0) is 22.0. The number of hydrogen-bond acceptors (Lipinski definition) is 2. The smallest absolute Gasteiger partial charge is 0.392 e. The van der Waals surface area contributed by atoms with Crippen LogP contribution in [-0.2, 0) is 24.2 Å². The second kappa shape index (κ2) is 8.59. The van der Waals surface area contributed by atoms with Crippen molar-refractivity contribution in [1.29, 1.82) is 0 Å². The van der Waals surface area contributed by atoms with Gasteiger partial charge in [-0.3, -0.25) is 0 Å². The molecule has 1 atom stereocenters. The van der Waals surface area contributed by atoms with E-state index in [0.29, 0.717) is 25.9 Å². The molecule has 0 radical (unpaired) electrons. The van der Waals surface area contributed by atoms with Crippen LogP contribution in [0.2, 0.25) is 0 Å². The zero-order valence-electron chi connectivity index (χ0n) is 16.2. The number of aliphatic hydroxyl groups is 1. The van der Waals surface area contributed by atoms with Crippen molar-refractivity contribution in [2.45, 2.75) is 49.6 Å². The Morgan fingerprint density at radius 3 is 1.90 bits per heavy atom. The second-order valence-electron chi connectivity index (χ2n) is 7.74. The van der Waals surface area contributed by atoms with Crippen molar-refractivity contribution in [1.82, 2.24) is 5.32 Å². The van der Waals surface area contributed by atoms with E-state index in [-0.39, 0.29) is 24.5 Å². The molecule has 2 nitrogen and oxygen atoms in total. The van der Waals surface area contributed by atoms with Gasteiger partial charge in [0.25, 0.3) is 0 Å². The quantitative estimate of drug-likeness (QED) is 0.627. The highest BCUT2D eigenvalue weighted by Gasteiger charge is 2.41. The molecule has 0 bridgehead atoms. The lowest BCUT2D eigenvalue weighted by Gasteiger charge is -2.42. The number of nitrogens with one attached hydrogen (secondary N) is 1. The molecular formula is C22H23F6NO. The summed E-state index contributed by atoms with van der Waals surface area (Å²) in [6.45, 7) is 1.35. The molecule has 30 heavy (non-hydrogen) atoms. The topological polar surface area (TPSA) is 32.3 Å². The fourth-order valence-corrected chi connectivity index (χ4v) is 4.20. The normalized spacial score (nSPS) is 18.2. The summed E-state index contributed by atoms with van der Waals surface area (Å²) >= 11 is 0. The molecule has 1 saturated heterocycles. The molecular weight excluding hydrogens is 408 g/mol. The first kappa shape index (κ1) is 22.6. The van der Waals surface area contributed by atoms with Gasteiger partial charge in [0.1, 0.15) is 0 Å². The summed E-state index contributed by atoms with van der Waals surface area (Å²) < 4.78 is 78.5. The molecule has 1 aliphatic heterocycles. The fourth-order valence-electron chi connectivity index (χ4n) is 4.20. The van der Waals surface area contributed by atoms with E-state index in [1.807, 2.05) is 30.3 Å². The van der Waals surface area contributed by atoms with Crippen LogP contribution in [0.15, 0.2) is 48.5 Å². The first-order valence-corrected chi connectivity index (χ1v) is 9.75.